The van der Waals surface area contributed by atoms with Crippen molar-refractivity contribution >= 4 is 57.4 Å². The quantitative estimate of drug-likeness (QED) is 0.0886. The number of amides is 1. The summed E-state index contributed by atoms with van der Waals surface area (Å²) in [4.78, 5) is 31.5. The Hall–Kier alpha value is -4.59. The van der Waals surface area contributed by atoms with Crippen LogP contribution in [0.2, 0.25) is 5.02 Å². The van der Waals surface area contributed by atoms with Gasteiger partial charge < -0.3 is 29.8 Å². The molecule has 3 aromatic heterocycles. The number of pyridine rings is 2. The minimum absolute atomic E-state index is 0.0102. The van der Waals surface area contributed by atoms with Crippen LogP contribution in [0.3, 0.4) is 0 Å². The number of piperazine rings is 1. The van der Waals surface area contributed by atoms with Gasteiger partial charge in [-0.25, -0.2) is 9.97 Å². The largest absolute Gasteiger partial charge is 0.452 e. The predicted octanol–water partition coefficient (Wildman–Crippen LogP) is 8.31. The van der Waals surface area contributed by atoms with E-state index in [1.54, 1.807) is 18.0 Å². The number of rotatable bonds is 11. The van der Waals surface area contributed by atoms with Crippen molar-refractivity contribution in [2.24, 2.45) is 5.41 Å². The van der Waals surface area contributed by atoms with Gasteiger partial charge in [0, 0.05) is 66.3 Å². The molecule has 4 N–H and O–H groups in total. The lowest BCUT2D eigenvalue weighted by Gasteiger charge is -2.47. The van der Waals surface area contributed by atoms with E-state index in [4.69, 9.17) is 31.5 Å². The fourth-order valence-corrected chi connectivity index (χ4v) is 9.43. The molecule has 0 unspecified atom stereocenters. The lowest BCUT2D eigenvalue weighted by Crippen LogP contribution is -2.47. The zero-order valence-corrected chi connectivity index (χ0v) is 33.5. The number of carbonyl (C=O) groups excluding carboxylic acids is 1. The maximum absolute atomic E-state index is 13.6. The van der Waals surface area contributed by atoms with Gasteiger partial charge in [0.15, 0.2) is 5.75 Å². The van der Waals surface area contributed by atoms with Gasteiger partial charge in [0.05, 0.1) is 44.0 Å². The molecule has 1 spiro atoms. The number of nitrogens with two attached hydrogens (primary N) is 1. The summed E-state index contributed by atoms with van der Waals surface area (Å²) in [5, 5.41) is 1.73. The molecule has 5 aromatic rings. The molecule has 2 saturated heterocycles. The summed E-state index contributed by atoms with van der Waals surface area (Å²) in [7, 11) is 0. The topological polar surface area (TPSA) is 131 Å². The maximum Gasteiger partial charge on any atom is 0.280 e. The number of nitrogens with zero attached hydrogens (tertiary/aromatic N) is 4. The van der Waals surface area contributed by atoms with E-state index in [1.807, 2.05) is 54.7 Å². The van der Waals surface area contributed by atoms with Crippen molar-refractivity contribution in [1.29, 1.82) is 0 Å². The van der Waals surface area contributed by atoms with Gasteiger partial charge in [-0.15, -0.1) is 0 Å². The number of ether oxygens (including phenoxy) is 3. The molecule has 5 heterocycles. The lowest BCUT2D eigenvalue weighted by atomic mass is 9.59. The molecule has 3 fully saturated rings. The van der Waals surface area contributed by atoms with Crippen LogP contribution in [0.4, 0.5) is 11.4 Å². The van der Waals surface area contributed by atoms with Gasteiger partial charge in [0.1, 0.15) is 17.1 Å². The van der Waals surface area contributed by atoms with Crippen LogP contribution in [0.25, 0.3) is 16.6 Å². The molecule has 13 heteroatoms. The second kappa shape index (κ2) is 16.7. The second-order valence-electron chi connectivity index (χ2n) is 15.8. The normalized spacial score (nSPS) is 19.8. The van der Waals surface area contributed by atoms with E-state index in [1.165, 1.54) is 55.2 Å². The Labute approximate surface area is 342 Å². The number of benzene rings is 2. The van der Waals surface area contributed by atoms with Crippen LogP contribution < -0.4 is 20.1 Å². The van der Waals surface area contributed by atoms with Crippen LogP contribution >= 0.6 is 23.5 Å². The maximum atomic E-state index is 13.6. The molecule has 0 bridgehead atoms. The highest BCUT2D eigenvalue weighted by Crippen LogP contribution is 2.55. The standard InChI is InChI=1S/C44H48ClN7O4S/c45-33-5-2-29(3-6-33)37-24-44(10-1-11-44)12-8-32(37)27-51-14-16-52(17-15-51)40-23-39(48-26-41(40)56-34-21-31-9-13-47-42(31)49-25-34)43(53)50-57-36-7-4-30(38(46)22-36)20-35-28-54-18-19-55-35/h2-7,9,13,21-23,25-26,35H,1,8,10-12,14-20,24,27-28,46H2,(H,47,49)(H,50,53)/t35-/m0/s1. The first-order valence-corrected chi connectivity index (χ1v) is 21.2. The minimum atomic E-state index is -0.305. The number of aromatic nitrogens is 3. The van der Waals surface area contributed by atoms with Crippen LogP contribution in [0.1, 0.15) is 60.1 Å². The SMILES string of the molecule is Nc1cc(SNC(=O)c2cc(N3CCN(CC4=C(c5ccc(Cl)cc5)CC5(CCC5)CC4)CC3)c(Oc3cnc4[nH]ccc4c3)cn2)ccc1C[C@H]1COCCO1. The summed E-state index contributed by atoms with van der Waals surface area (Å²) < 4.78 is 20.8. The predicted molar refractivity (Wildman–Crippen MR) is 226 cm³/mol. The third kappa shape index (κ3) is 8.66. The number of carbonyl (C=O) groups is 1. The monoisotopic (exact) mass is 805 g/mol. The van der Waals surface area contributed by atoms with Gasteiger partial charge >= 0.3 is 0 Å². The Balaban J connectivity index is 0.905. The summed E-state index contributed by atoms with van der Waals surface area (Å²) in [5.74, 6) is 0.870. The molecule has 1 amide bonds. The first kappa shape index (κ1) is 38.0. The highest BCUT2D eigenvalue weighted by Gasteiger charge is 2.41. The molecule has 11 nitrogen and oxygen atoms in total. The van der Waals surface area contributed by atoms with E-state index in [0.29, 0.717) is 54.5 Å². The fraction of sp³-hybridized carbons (Fsp3) is 0.386. The summed E-state index contributed by atoms with van der Waals surface area (Å²) >= 11 is 7.51. The number of aromatic amines is 1. The van der Waals surface area contributed by atoms with Gasteiger partial charge in [-0.05, 0) is 109 Å². The number of nitrogen functional groups attached to an aromatic ring is 1. The number of allylic oxidation sites excluding steroid dienone is 1. The number of H-pyrrole nitrogens is 1. The van der Waals surface area contributed by atoms with Crippen molar-refractivity contribution in [1.82, 2.24) is 24.6 Å². The van der Waals surface area contributed by atoms with Gasteiger partial charge in [0.2, 0.25) is 0 Å². The summed E-state index contributed by atoms with van der Waals surface area (Å²) in [6, 6.07) is 20.0. The average Bonchev–Trinajstić information content (AvgIpc) is 3.70. The van der Waals surface area contributed by atoms with E-state index in [2.05, 4.69) is 41.6 Å². The number of nitrogens with one attached hydrogen (secondary N) is 2. The molecule has 2 aliphatic carbocycles. The highest BCUT2D eigenvalue weighted by atomic mass is 35.5. The number of hydrogen-bond acceptors (Lipinski definition) is 10. The van der Waals surface area contributed by atoms with E-state index in [9.17, 15) is 4.79 Å². The first-order valence-electron chi connectivity index (χ1n) is 20.0. The van der Waals surface area contributed by atoms with Crippen LogP contribution in [0, 0.1) is 5.41 Å². The average molecular weight is 806 g/mol. The molecule has 57 heavy (non-hydrogen) atoms. The summed E-state index contributed by atoms with van der Waals surface area (Å²) in [6.07, 6.45) is 13.5. The molecule has 2 aromatic carbocycles. The summed E-state index contributed by atoms with van der Waals surface area (Å²) in [6.45, 7) is 6.07. The smallest absolute Gasteiger partial charge is 0.280 e. The van der Waals surface area contributed by atoms with Crippen LogP contribution in [0.15, 0.2) is 89.7 Å². The molecule has 296 valence electrons. The van der Waals surface area contributed by atoms with Crippen molar-refractivity contribution in [2.45, 2.75) is 55.9 Å². The Bertz CT molecular complexity index is 2260. The molecular weight excluding hydrogens is 758 g/mol. The molecular formula is C44H48ClN7O4S. The summed E-state index contributed by atoms with van der Waals surface area (Å²) in [5.41, 5.74) is 14.9. The molecule has 1 atom stereocenters. The van der Waals surface area contributed by atoms with Crippen molar-refractivity contribution in [3.63, 3.8) is 0 Å². The third-order valence-corrected chi connectivity index (χ3v) is 13.1. The van der Waals surface area contributed by atoms with Crippen molar-refractivity contribution in [3.8, 4) is 11.5 Å². The zero-order chi connectivity index (χ0) is 38.8. The first-order chi connectivity index (χ1) is 27.9. The van der Waals surface area contributed by atoms with Crippen LogP contribution in [-0.4, -0.2) is 84.4 Å². The van der Waals surface area contributed by atoms with Crippen molar-refractivity contribution in [2.75, 3.05) is 63.2 Å². The second-order valence-corrected chi connectivity index (χ2v) is 17.1. The van der Waals surface area contributed by atoms with E-state index >= 15 is 0 Å². The Kier molecular flexibility index (Phi) is 11.1. The minimum Gasteiger partial charge on any atom is -0.452 e. The molecule has 0 radical (unpaired) electrons. The zero-order valence-electron chi connectivity index (χ0n) is 32.0. The van der Waals surface area contributed by atoms with E-state index < -0.39 is 0 Å². The number of hydrogen-bond donors (Lipinski definition) is 3. The van der Waals surface area contributed by atoms with E-state index in [-0.39, 0.29) is 12.0 Å². The lowest BCUT2D eigenvalue weighted by molar-refractivity contribution is -0.0871. The van der Waals surface area contributed by atoms with Gasteiger partial charge in [-0.2, -0.15) is 0 Å². The van der Waals surface area contributed by atoms with E-state index in [0.717, 1.165) is 71.3 Å². The van der Waals surface area contributed by atoms with Crippen LogP contribution in [-0.2, 0) is 15.9 Å². The Morgan fingerprint density at radius 1 is 1.02 bits per heavy atom. The molecule has 4 aliphatic rings. The number of fused-ring (bicyclic) bond motifs is 1. The Morgan fingerprint density at radius 2 is 1.88 bits per heavy atom. The number of anilines is 2. The molecule has 9 rings (SSSR count). The van der Waals surface area contributed by atoms with Gasteiger partial charge in [-0.1, -0.05) is 41.8 Å². The van der Waals surface area contributed by atoms with Crippen LogP contribution in [0.5, 0.6) is 11.5 Å². The Morgan fingerprint density at radius 3 is 2.65 bits per heavy atom. The van der Waals surface area contributed by atoms with Crippen molar-refractivity contribution in [3.05, 3.63) is 107 Å². The highest BCUT2D eigenvalue weighted by molar-refractivity contribution is 7.98. The fourth-order valence-electron chi connectivity index (χ4n) is 8.67. The molecule has 1 saturated carbocycles. The number of halogens is 1. The third-order valence-electron chi connectivity index (χ3n) is 12.1. The van der Waals surface area contributed by atoms with Gasteiger partial charge in [0.25, 0.3) is 5.91 Å². The molecule has 2 aliphatic heterocycles. The van der Waals surface area contributed by atoms with Crippen molar-refractivity contribution < 1.29 is 19.0 Å². The van der Waals surface area contributed by atoms with Gasteiger partial charge in [-0.3, -0.25) is 14.4 Å².